The molecule has 2 unspecified atom stereocenters. The molecule has 0 fully saturated rings. The van der Waals surface area contributed by atoms with Crippen LogP contribution in [0, 0.1) is 5.82 Å². The molecule has 0 saturated heterocycles. The van der Waals surface area contributed by atoms with Crippen molar-refractivity contribution >= 4 is 0 Å². The van der Waals surface area contributed by atoms with Gasteiger partial charge in [0, 0.05) is 12.1 Å². The topological polar surface area (TPSA) is 45.4 Å². The fraction of sp³-hybridized carbons (Fsp3) is 0.286. The summed E-state index contributed by atoms with van der Waals surface area (Å²) in [6.07, 6.45) is 0.726. The molecule has 2 atom stereocenters. The molecule has 0 aliphatic heterocycles. The Morgan fingerprint density at radius 2 is 2.06 bits per heavy atom. The third-order valence-corrected chi connectivity index (χ3v) is 2.85. The number of hydrogen-bond donors (Lipinski definition) is 2. The molecule has 18 heavy (non-hydrogen) atoms. The summed E-state index contributed by atoms with van der Waals surface area (Å²) in [5.74, 6) is 0.396. The Hall–Kier alpha value is -1.65. The fourth-order valence-corrected chi connectivity index (χ4v) is 1.78. The van der Waals surface area contributed by atoms with Crippen LogP contribution in [-0.2, 0) is 0 Å². The van der Waals surface area contributed by atoms with Gasteiger partial charge in [0.2, 0.25) is 0 Å². The van der Waals surface area contributed by atoms with Crippen LogP contribution in [0.15, 0.2) is 47.1 Å². The van der Waals surface area contributed by atoms with Crippen molar-refractivity contribution in [3.63, 3.8) is 0 Å². The van der Waals surface area contributed by atoms with E-state index in [9.17, 15) is 9.50 Å². The normalized spacial score (nSPS) is 14.4. The van der Waals surface area contributed by atoms with Gasteiger partial charge in [-0.25, -0.2) is 4.39 Å². The quantitative estimate of drug-likeness (QED) is 0.856. The molecule has 0 bridgehead atoms. The van der Waals surface area contributed by atoms with Crippen molar-refractivity contribution in [2.75, 3.05) is 6.54 Å². The lowest BCUT2D eigenvalue weighted by molar-refractivity contribution is 0.164. The van der Waals surface area contributed by atoms with Crippen molar-refractivity contribution in [1.29, 1.82) is 0 Å². The van der Waals surface area contributed by atoms with Crippen molar-refractivity contribution in [2.45, 2.75) is 19.1 Å². The SMILES string of the molecule is CC(NCC(O)c1ccccc1F)c1ccco1. The van der Waals surface area contributed by atoms with E-state index in [4.69, 9.17) is 4.42 Å². The van der Waals surface area contributed by atoms with E-state index >= 15 is 0 Å². The lowest BCUT2D eigenvalue weighted by Gasteiger charge is -2.16. The first-order valence-corrected chi connectivity index (χ1v) is 5.87. The van der Waals surface area contributed by atoms with Crippen LogP contribution in [-0.4, -0.2) is 11.7 Å². The van der Waals surface area contributed by atoms with Crippen molar-refractivity contribution in [3.8, 4) is 0 Å². The summed E-state index contributed by atoms with van der Waals surface area (Å²) in [5, 5.41) is 13.0. The monoisotopic (exact) mass is 249 g/mol. The average molecular weight is 249 g/mol. The van der Waals surface area contributed by atoms with Crippen molar-refractivity contribution in [3.05, 3.63) is 59.8 Å². The fourth-order valence-electron chi connectivity index (χ4n) is 1.78. The number of benzene rings is 1. The maximum absolute atomic E-state index is 13.4. The number of hydrogen-bond acceptors (Lipinski definition) is 3. The highest BCUT2D eigenvalue weighted by atomic mass is 19.1. The third-order valence-electron chi connectivity index (χ3n) is 2.85. The smallest absolute Gasteiger partial charge is 0.129 e. The van der Waals surface area contributed by atoms with Crippen LogP contribution in [0.2, 0.25) is 0 Å². The van der Waals surface area contributed by atoms with Gasteiger partial charge in [0.05, 0.1) is 18.4 Å². The van der Waals surface area contributed by atoms with Gasteiger partial charge in [0.25, 0.3) is 0 Å². The van der Waals surface area contributed by atoms with Gasteiger partial charge >= 0.3 is 0 Å². The Bertz CT molecular complexity index is 484. The standard InChI is InChI=1S/C14H16FNO2/c1-10(14-7-4-8-18-14)16-9-13(17)11-5-2-3-6-12(11)15/h2-8,10,13,16-17H,9H2,1H3. The number of furan rings is 1. The third kappa shape index (κ3) is 2.97. The van der Waals surface area contributed by atoms with Crippen molar-refractivity contribution < 1.29 is 13.9 Å². The first kappa shape index (κ1) is 12.8. The Balaban J connectivity index is 1.93. The summed E-state index contributed by atoms with van der Waals surface area (Å²) in [7, 11) is 0. The molecular formula is C14H16FNO2. The van der Waals surface area contributed by atoms with Crippen LogP contribution in [0.3, 0.4) is 0 Å². The Morgan fingerprint density at radius 3 is 2.72 bits per heavy atom. The van der Waals surface area contributed by atoms with E-state index in [-0.39, 0.29) is 12.6 Å². The minimum atomic E-state index is -0.872. The van der Waals surface area contributed by atoms with E-state index in [1.807, 2.05) is 13.0 Å². The maximum atomic E-state index is 13.4. The molecule has 2 aromatic rings. The van der Waals surface area contributed by atoms with E-state index in [1.54, 1.807) is 30.5 Å². The largest absolute Gasteiger partial charge is 0.468 e. The Labute approximate surface area is 105 Å². The second-order valence-electron chi connectivity index (χ2n) is 4.18. The van der Waals surface area contributed by atoms with Gasteiger partial charge in [0.15, 0.2) is 0 Å². The minimum absolute atomic E-state index is 0.0265. The zero-order valence-corrected chi connectivity index (χ0v) is 10.1. The zero-order chi connectivity index (χ0) is 13.0. The summed E-state index contributed by atoms with van der Waals surface area (Å²) in [6.45, 7) is 2.19. The van der Waals surface area contributed by atoms with E-state index in [0.717, 1.165) is 5.76 Å². The second kappa shape index (κ2) is 5.80. The highest BCUT2D eigenvalue weighted by molar-refractivity contribution is 5.20. The highest BCUT2D eigenvalue weighted by Gasteiger charge is 2.14. The summed E-state index contributed by atoms with van der Waals surface area (Å²) >= 11 is 0. The molecule has 0 aliphatic carbocycles. The number of nitrogens with one attached hydrogen (secondary N) is 1. The predicted octanol–water partition coefficient (Wildman–Crippen LogP) is 2.80. The Kier molecular flexibility index (Phi) is 4.12. The molecule has 96 valence electrons. The lowest BCUT2D eigenvalue weighted by atomic mass is 10.1. The van der Waals surface area contributed by atoms with E-state index < -0.39 is 11.9 Å². The maximum Gasteiger partial charge on any atom is 0.129 e. The molecule has 1 heterocycles. The van der Waals surface area contributed by atoms with Gasteiger partial charge in [-0.05, 0) is 25.1 Å². The first-order valence-electron chi connectivity index (χ1n) is 5.87. The highest BCUT2D eigenvalue weighted by Crippen LogP contribution is 2.18. The van der Waals surface area contributed by atoms with Crippen LogP contribution < -0.4 is 5.32 Å². The van der Waals surface area contributed by atoms with Gasteiger partial charge in [0.1, 0.15) is 11.6 Å². The first-order chi connectivity index (χ1) is 8.68. The summed E-state index contributed by atoms with van der Waals surface area (Å²) < 4.78 is 18.7. The molecule has 2 rings (SSSR count). The second-order valence-corrected chi connectivity index (χ2v) is 4.18. The summed E-state index contributed by atoms with van der Waals surface area (Å²) in [4.78, 5) is 0. The molecule has 1 aromatic heterocycles. The molecule has 0 radical (unpaired) electrons. The Morgan fingerprint density at radius 1 is 1.28 bits per heavy atom. The van der Waals surface area contributed by atoms with E-state index in [2.05, 4.69) is 5.32 Å². The van der Waals surface area contributed by atoms with Gasteiger partial charge in [-0.3, -0.25) is 0 Å². The number of rotatable bonds is 5. The molecule has 0 amide bonds. The molecule has 0 aliphatic rings. The van der Waals surface area contributed by atoms with Gasteiger partial charge in [-0.2, -0.15) is 0 Å². The molecule has 3 nitrogen and oxygen atoms in total. The lowest BCUT2D eigenvalue weighted by Crippen LogP contribution is -2.24. The number of aliphatic hydroxyl groups is 1. The minimum Gasteiger partial charge on any atom is -0.468 e. The van der Waals surface area contributed by atoms with Crippen LogP contribution in [0.5, 0.6) is 0 Å². The van der Waals surface area contributed by atoms with Gasteiger partial charge < -0.3 is 14.8 Å². The van der Waals surface area contributed by atoms with Crippen molar-refractivity contribution in [2.24, 2.45) is 0 Å². The van der Waals surface area contributed by atoms with Gasteiger partial charge in [-0.15, -0.1) is 0 Å². The molecule has 4 heteroatoms. The van der Waals surface area contributed by atoms with Gasteiger partial charge in [-0.1, -0.05) is 18.2 Å². The van der Waals surface area contributed by atoms with Crippen LogP contribution in [0.4, 0.5) is 4.39 Å². The number of halogens is 1. The molecule has 2 N–H and O–H groups in total. The van der Waals surface area contributed by atoms with E-state index in [1.165, 1.54) is 6.07 Å². The van der Waals surface area contributed by atoms with Crippen molar-refractivity contribution in [1.82, 2.24) is 5.32 Å². The molecular weight excluding hydrogens is 233 g/mol. The number of aliphatic hydroxyl groups excluding tert-OH is 1. The predicted molar refractivity (Wildman–Crippen MR) is 66.5 cm³/mol. The zero-order valence-electron chi connectivity index (χ0n) is 10.1. The van der Waals surface area contributed by atoms with Crippen LogP contribution in [0.25, 0.3) is 0 Å². The summed E-state index contributed by atoms with van der Waals surface area (Å²) in [6, 6.07) is 9.87. The van der Waals surface area contributed by atoms with E-state index in [0.29, 0.717) is 5.56 Å². The molecule has 0 saturated carbocycles. The van der Waals surface area contributed by atoms with Crippen LogP contribution >= 0.6 is 0 Å². The van der Waals surface area contributed by atoms with Crippen LogP contribution in [0.1, 0.15) is 30.4 Å². The average Bonchev–Trinajstić information content (AvgIpc) is 2.90. The molecule has 1 aromatic carbocycles. The molecule has 0 spiro atoms. The summed E-state index contributed by atoms with van der Waals surface area (Å²) in [5.41, 5.74) is 0.302.